The molecule has 0 saturated carbocycles. The van der Waals surface area contributed by atoms with Crippen LogP contribution >= 0.6 is 0 Å². The van der Waals surface area contributed by atoms with Gasteiger partial charge >= 0.3 is 12.1 Å². The third kappa shape index (κ3) is 5.42. The molecule has 1 aromatic rings. The predicted octanol–water partition coefficient (Wildman–Crippen LogP) is 3.21. The topological polar surface area (TPSA) is 64.6 Å². The number of nitrogens with one attached hydrogen (secondary N) is 1. The minimum Gasteiger partial charge on any atom is -0.462 e. The zero-order valence-electron chi connectivity index (χ0n) is 11.3. The molecule has 0 saturated heterocycles. The van der Waals surface area contributed by atoms with E-state index in [0.29, 0.717) is 24.5 Å². The monoisotopic (exact) mass is 265 g/mol. The van der Waals surface area contributed by atoms with Crippen LogP contribution in [-0.2, 0) is 9.47 Å². The fourth-order valence-electron chi connectivity index (χ4n) is 1.40. The quantitative estimate of drug-likeness (QED) is 0.633. The van der Waals surface area contributed by atoms with Crippen molar-refractivity contribution in [2.45, 2.75) is 26.7 Å². The number of unbranched alkanes of at least 4 members (excludes halogenated alkanes) is 1. The van der Waals surface area contributed by atoms with Crippen molar-refractivity contribution < 1.29 is 19.1 Å². The van der Waals surface area contributed by atoms with Gasteiger partial charge in [-0.25, -0.2) is 9.59 Å². The van der Waals surface area contributed by atoms with E-state index in [1.807, 2.05) is 6.92 Å². The van der Waals surface area contributed by atoms with Crippen LogP contribution in [0.25, 0.3) is 0 Å². The number of benzene rings is 1. The minimum absolute atomic E-state index is 0.296. The standard InChI is InChI=1S/C14H19NO4/c1-3-5-9-19-13(16)11-7-6-8-12(10-11)15-14(17)18-4-2/h6-8,10H,3-5,9H2,1-2H3,(H,15,17). The Hall–Kier alpha value is -2.04. The minimum atomic E-state index is -0.543. The van der Waals surface area contributed by atoms with E-state index in [9.17, 15) is 9.59 Å². The van der Waals surface area contributed by atoms with Crippen LogP contribution < -0.4 is 5.32 Å². The second-order valence-corrected chi connectivity index (χ2v) is 3.92. The zero-order valence-corrected chi connectivity index (χ0v) is 11.3. The normalized spacial score (nSPS) is 9.79. The SMILES string of the molecule is CCCCOC(=O)c1cccc(NC(=O)OCC)c1. The summed E-state index contributed by atoms with van der Waals surface area (Å²) in [4.78, 5) is 23.0. The van der Waals surface area contributed by atoms with Crippen LogP contribution in [0.1, 0.15) is 37.0 Å². The van der Waals surface area contributed by atoms with E-state index in [1.54, 1.807) is 31.2 Å². The molecule has 0 bridgehead atoms. The Morgan fingerprint density at radius 3 is 2.68 bits per heavy atom. The largest absolute Gasteiger partial charge is 0.462 e. The Balaban J connectivity index is 2.60. The molecule has 0 atom stereocenters. The fraction of sp³-hybridized carbons (Fsp3) is 0.429. The molecule has 0 aliphatic heterocycles. The molecule has 0 aromatic heterocycles. The molecule has 0 aliphatic carbocycles. The number of rotatable bonds is 6. The maximum Gasteiger partial charge on any atom is 0.411 e. The molecule has 0 radical (unpaired) electrons. The number of carbonyl (C=O) groups is 2. The molecule has 19 heavy (non-hydrogen) atoms. The lowest BCUT2D eigenvalue weighted by Crippen LogP contribution is -2.14. The number of hydrogen-bond donors (Lipinski definition) is 1. The summed E-state index contributed by atoms with van der Waals surface area (Å²) in [6, 6.07) is 6.56. The van der Waals surface area contributed by atoms with Crippen molar-refractivity contribution in [2.75, 3.05) is 18.5 Å². The summed E-state index contributed by atoms with van der Waals surface area (Å²) in [5, 5.41) is 2.54. The van der Waals surface area contributed by atoms with Crippen molar-refractivity contribution in [3.8, 4) is 0 Å². The Morgan fingerprint density at radius 1 is 1.21 bits per heavy atom. The van der Waals surface area contributed by atoms with Gasteiger partial charge in [0, 0.05) is 5.69 Å². The summed E-state index contributed by atoms with van der Waals surface area (Å²) in [5.41, 5.74) is 0.911. The second kappa shape index (κ2) is 8.13. The summed E-state index contributed by atoms with van der Waals surface area (Å²) < 4.78 is 9.85. The molecule has 0 unspecified atom stereocenters. The van der Waals surface area contributed by atoms with Gasteiger partial charge < -0.3 is 9.47 Å². The lowest BCUT2D eigenvalue weighted by atomic mass is 10.2. The molecule has 1 aromatic carbocycles. The van der Waals surface area contributed by atoms with E-state index in [4.69, 9.17) is 9.47 Å². The first-order chi connectivity index (χ1) is 9.17. The van der Waals surface area contributed by atoms with Crippen LogP contribution in [0.3, 0.4) is 0 Å². The highest BCUT2D eigenvalue weighted by Gasteiger charge is 2.09. The molecule has 5 nitrogen and oxygen atoms in total. The van der Waals surface area contributed by atoms with Crippen LogP contribution in [0.2, 0.25) is 0 Å². The van der Waals surface area contributed by atoms with Crippen molar-refractivity contribution in [2.24, 2.45) is 0 Å². The van der Waals surface area contributed by atoms with Gasteiger partial charge in [-0.3, -0.25) is 5.32 Å². The molecule has 0 heterocycles. The molecule has 1 amide bonds. The first kappa shape index (κ1) is 15.0. The smallest absolute Gasteiger partial charge is 0.411 e. The van der Waals surface area contributed by atoms with Gasteiger partial charge in [0.1, 0.15) is 0 Å². The first-order valence-electron chi connectivity index (χ1n) is 6.38. The number of esters is 1. The predicted molar refractivity (Wildman–Crippen MR) is 72.3 cm³/mol. The molecule has 0 spiro atoms. The van der Waals surface area contributed by atoms with Crippen LogP contribution in [0.15, 0.2) is 24.3 Å². The third-order valence-corrected chi connectivity index (χ3v) is 2.35. The van der Waals surface area contributed by atoms with Gasteiger partial charge in [0.15, 0.2) is 0 Å². The van der Waals surface area contributed by atoms with Crippen LogP contribution in [-0.4, -0.2) is 25.3 Å². The van der Waals surface area contributed by atoms with Crippen LogP contribution in [0.4, 0.5) is 10.5 Å². The van der Waals surface area contributed by atoms with Crippen LogP contribution in [0.5, 0.6) is 0 Å². The maximum absolute atomic E-state index is 11.7. The second-order valence-electron chi connectivity index (χ2n) is 3.92. The molecular formula is C14H19NO4. The first-order valence-corrected chi connectivity index (χ1v) is 6.38. The lowest BCUT2D eigenvalue weighted by Gasteiger charge is -2.07. The molecule has 1 N–H and O–H groups in total. The van der Waals surface area contributed by atoms with Crippen LogP contribution in [0, 0.1) is 0 Å². The molecular weight excluding hydrogens is 246 g/mol. The van der Waals surface area contributed by atoms with E-state index in [1.165, 1.54) is 0 Å². The van der Waals surface area contributed by atoms with Crippen molar-refractivity contribution >= 4 is 17.7 Å². The molecule has 0 aliphatic rings. The Labute approximate surface area is 112 Å². The highest BCUT2D eigenvalue weighted by molar-refractivity contribution is 5.92. The summed E-state index contributed by atoms with van der Waals surface area (Å²) >= 11 is 0. The number of carbonyl (C=O) groups excluding carboxylic acids is 2. The number of ether oxygens (including phenoxy) is 2. The van der Waals surface area contributed by atoms with E-state index in [0.717, 1.165) is 12.8 Å². The van der Waals surface area contributed by atoms with E-state index < -0.39 is 6.09 Å². The summed E-state index contributed by atoms with van der Waals surface area (Å²) in [5.74, 6) is -0.388. The van der Waals surface area contributed by atoms with Gasteiger partial charge in [-0.2, -0.15) is 0 Å². The number of amides is 1. The lowest BCUT2D eigenvalue weighted by molar-refractivity contribution is 0.0499. The van der Waals surface area contributed by atoms with E-state index >= 15 is 0 Å². The third-order valence-electron chi connectivity index (χ3n) is 2.35. The molecule has 0 fully saturated rings. The van der Waals surface area contributed by atoms with Gasteiger partial charge in [0.2, 0.25) is 0 Å². The van der Waals surface area contributed by atoms with Gasteiger partial charge in [-0.15, -0.1) is 0 Å². The zero-order chi connectivity index (χ0) is 14.1. The van der Waals surface area contributed by atoms with Gasteiger partial charge in [0.25, 0.3) is 0 Å². The Kier molecular flexibility index (Phi) is 6.43. The van der Waals surface area contributed by atoms with E-state index in [-0.39, 0.29) is 5.97 Å². The molecule has 1 rings (SSSR count). The van der Waals surface area contributed by atoms with Gasteiger partial charge in [-0.1, -0.05) is 19.4 Å². The number of anilines is 1. The summed E-state index contributed by atoms with van der Waals surface area (Å²) in [6.07, 6.45) is 1.27. The average Bonchev–Trinajstić information content (AvgIpc) is 2.39. The Bertz CT molecular complexity index is 431. The van der Waals surface area contributed by atoms with E-state index in [2.05, 4.69) is 5.32 Å². The average molecular weight is 265 g/mol. The van der Waals surface area contributed by atoms with Gasteiger partial charge in [0.05, 0.1) is 18.8 Å². The Morgan fingerprint density at radius 2 is 2.00 bits per heavy atom. The van der Waals surface area contributed by atoms with Gasteiger partial charge in [-0.05, 0) is 31.5 Å². The highest BCUT2D eigenvalue weighted by Crippen LogP contribution is 2.12. The van der Waals surface area contributed by atoms with Crippen molar-refractivity contribution in [1.82, 2.24) is 0 Å². The number of hydrogen-bond acceptors (Lipinski definition) is 4. The summed E-state index contributed by atoms with van der Waals surface area (Å²) in [7, 11) is 0. The van der Waals surface area contributed by atoms with Crippen molar-refractivity contribution in [1.29, 1.82) is 0 Å². The highest BCUT2D eigenvalue weighted by atomic mass is 16.5. The van der Waals surface area contributed by atoms with Crippen molar-refractivity contribution in [3.05, 3.63) is 29.8 Å². The molecule has 104 valence electrons. The fourth-order valence-corrected chi connectivity index (χ4v) is 1.40. The summed E-state index contributed by atoms with van der Waals surface area (Å²) in [6.45, 7) is 4.45. The maximum atomic E-state index is 11.7. The van der Waals surface area contributed by atoms with Crippen molar-refractivity contribution in [3.63, 3.8) is 0 Å². The molecule has 5 heteroatoms.